The van der Waals surface area contributed by atoms with Crippen molar-refractivity contribution in [2.45, 2.75) is 59.4 Å². The predicted octanol–water partition coefficient (Wildman–Crippen LogP) is 4.54. The van der Waals surface area contributed by atoms with Crippen LogP contribution in [0.15, 0.2) is 11.1 Å². The van der Waals surface area contributed by atoms with Crippen molar-refractivity contribution < 1.29 is 13.3 Å². The van der Waals surface area contributed by atoms with Crippen LogP contribution in [0.2, 0.25) is 6.04 Å². The van der Waals surface area contributed by atoms with Gasteiger partial charge in [-0.1, -0.05) is 23.4 Å². The molecule has 2 aliphatic rings. The summed E-state index contributed by atoms with van der Waals surface area (Å²) >= 11 is 5.41. The molecule has 0 aromatic heterocycles. The van der Waals surface area contributed by atoms with E-state index in [2.05, 4.69) is 6.92 Å². The van der Waals surface area contributed by atoms with Gasteiger partial charge in [0.15, 0.2) is 0 Å². The van der Waals surface area contributed by atoms with Crippen LogP contribution in [0.1, 0.15) is 53.4 Å². The van der Waals surface area contributed by atoms with Crippen molar-refractivity contribution in [1.29, 1.82) is 0 Å². The van der Waals surface area contributed by atoms with Gasteiger partial charge >= 0.3 is 8.80 Å². The molecule has 0 heterocycles. The summed E-state index contributed by atoms with van der Waals surface area (Å²) in [6.07, 6.45) is 4.76. The normalized spacial score (nSPS) is 24.4. The molecule has 2 bridgehead atoms. The van der Waals surface area contributed by atoms with E-state index in [0.29, 0.717) is 25.7 Å². The molecule has 1 fully saturated rings. The van der Waals surface area contributed by atoms with Crippen LogP contribution in [0.25, 0.3) is 0 Å². The minimum atomic E-state index is -2.49. The molecule has 22 heavy (non-hydrogen) atoms. The number of thiocarbonyl (C=S) groups is 1. The Morgan fingerprint density at radius 1 is 1.05 bits per heavy atom. The summed E-state index contributed by atoms with van der Waals surface area (Å²) in [6, 6.07) is 0.912. The van der Waals surface area contributed by atoms with Crippen molar-refractivity contribution in [1.82, 2.24) is 0 Å². The summed E-state index contributed by atoms with van der Waals surface area (Å²) in [6.45, 7) is 10.1. The molecule has 2 atom stereocenters. The van der Waals surface area contributed by atoms with Crippen LogP contribution in [0.3, 0.4) is 0 Å². The lowest BCUT2D eigenvalue weighted by Gasteiger charge is -2.29. The molecule has 0 N–H and O–H groups in total. The van der Waals surface area contributed by atoms with Gasteiger partial charge in [0, 0.05) is 25.9 Å². The minimum absolute atomic E-state index is 0.654. The van der Waals surface area contributed by atoms with Gasteiger partial charge in [-0.15, -0.1) is 0 Å². The topological polar surface area (TPSA) is 27.7 Å². The van der Waals surface area contributed by atoms with Crippen molar-refractivity contribution in [3.63, 3.8) is 0 Å². The average Bonchev–Trinajstić information content (AvgIpc) is 3.06. The van der Waals surface area contributed by atoms with Crippen molar-refractivity contribution in [2.24, 2.45) is 11.8 Å². The highest BCUT2D eigenvalue weighted by Crippen LogP contribution is 2.50. The Kier molecular flexibility index (Phi) is 6.77. The van der Waals surface area contributed by atoms with Crippen LogP contribution in [-0.2, 0) is 13.3 Å². The second-order valence-corrected chi connectivity index (χ2v) is 9.65. The smallest absolute Gasteiger partial charge is 0.374 e. The Balaban J connectivity index is 1.98. The fraction of sp³-hybridized carbons (Fsp3) is 0.824. The summed E-state index contributed by atoms with van der Waals surface area (Å²) < 4.78 is 17.9. The Morgan fingerprint density at radius 2 is 1.64 bits per heavy atom. The number of rotatable bonds is 10. The zero-order valence-corrected chi connectivity index (χ0v) is 16.3. The molecule has 1 saturated carbocycles. The molecule has 0 aromatic rings. The quantitative estimate of drug-likeness (QED) is 0.331. The molecule has 2 aliphatic carbocycles. The lowest BCUT2D eigenvalue weighted by atomic mass is 9.86. The van der Waals surface area contributed by atoms with E-state index < -0.39 is 8.80 Å². The van der Waals surface area contributed by atoms with E-state index in [1.54, 1.807) is 11.1 Å². The number of allylic oxidation sites excluding steroid dienone is 2. The second-order valence-electron chi connectivity index (χ2n) is 6.28. The van der Waals surface area contributed by atoms with Gasteiger partial charge in [0.25, 0.3) is 0 Å². The molecule has 126 valence electrons. The average molecular weight is 343 g/mol. The van der Waals surface area contributed by atoms with Crippen LogP contribution in [0, 0.1) is 11.8 Å². The Labute approximate surface area is 141 Å². The van der Waals surface area contributed by atoms with E-state index in [9.17, 15) is 0 Å². The molecule has 0 saturated heterocycles. The lowest BCUT2D eigenvalue weighted by Crippen LogP contribution is -2.46. The third kappa shape index (κ3) is 4.06. The maximum atomic E-state index is 5.96. The predicted molar refractivity (Wildman–Crippen MR) is 96.2 cm³/mol. The monoisotopic (exact) mass is 342 g/mol. The van der Waals surface area contributed by atoms with Crippen LogP contribution in [0.4, 0.5) is 0 Å². The first kappa shape index (κ1) is 18.3. The molecule has 3 nitrogen and oxygen atoms in total. The number of hydrogen-bond acceptors (Lipinski definition) is 4. The van der Waals surface area contributed by atoms with E-state index in [1.807, 2.05) is 20.8 Å². The first-order chi connectivity index (χ1) is 10.5. The maximum Gasteiger partial charge on any atom is 0.501 e. The largest absolute Gasteiger partial charge is 0.501 e. The van der Waals surface area contributed by atoms with Gasteiger partial charge in [-0.05, 0) is 70.1 Å². The molecule has 0 aromatic carbocycles. The van der Waals surface area contributed by atoms with Crippen molar-refractivity contribution in [3.8, 4) is 0 Å². The van der Waals surface area contributed by atoms with E-state index in [-0.39, 0.29) is 0 Å². The summed E-state index contributed by atoms with van der Waals surface area (Å²) in [5.74, 6) is 1.42. The first-order valence-corrected chi connectivity index (χ1v) is 11.0. The van der Waals surface area contributed by atoms with Crippen LogP contribution >= 0.6 is 12.2 Å². The van der Waals surface area contributed by atoms with Crippen LogP contribution in [-0.4, -0.2) is 33.5 Å². The Bertz CT molecular complexity index is 419. The van der Waals surface area contributed by atoms with E-state index in [4.69, 9.17) is 25.5 Å². The fourth-order valence-corrected chi connectivity index (χ4v) is 6.88. The summed E-state index contributed by atoms with van der Waals surface area (Å²) in [7, 11) is -2.49. The molecular formula is C17H30O3SSi. The highest BCUT2D eigenvalue weighted by atomic mass is 32.1. The van der Waals surface area contributed by atoms with Crippen molar-refractivity contribution >= 4 is 25.9 Å². The number of hydrogen-bond donors (Lipinski definition) is 0. The zero-order chi connectivity index (χ0) is 16.2. The fourth-order valence-electron chi connectivity index (χ4n) is 4.00. The summed E-state index contributed by atoms with van der Waals surface area (Å²) in [5.41, 5.74) is 3.29. The first-order valence-electron chi connectivity index (χ1n) is 8.67. The standard InChI is InChI=1S/C17H30O3SSi/c1-5-18-22(19-6-2,20-7-3)9-8-14-10-16-11-15(14)12-17(16)13(4)21/h16-17H,5-12H2,1-4H3. The summed E-state index contributed by atoms with van der Waals surface area (Å²) in [4.78, 5) is 1.20. The molecule has 0 radical (unpaired) electrons. The molecule has 0 spiro atoms. The van der Waals surface area contributed by atoms with Gasteiger partial charge in [-0.25, -0.2) is 0 Å². The minimum Gasteiger partial charge on any atom is -0.374 e. The Hall–Kier alpha value is -0.0731. The summed E-state index contributed by atoms with van der Waals surface area (Å²) in [5, 5.41) is 0. The van der Waals surface area contributed by atoms with Gasteiger partial charge in [-0.2, -0.15) is 0 Å². The maximum absolute atomic E-state index is 5.96. The van der Waals surface area contributed by atoms with Crippen LogP contribution < -0.4 is 0 Å². The third-order valence-electron chi connectivity index (χ3n) is 4.90. The van der Waals surface area contributed by atoms with E-state index in [0.717, 1.165) is 18.4 Å². The van der Waals surface area contributed by atoms with Crippen molar-refractivity contribution in [2.75, 3.05) is 19.8 Å². The van der Waals surface area contributed by atoms with Gasteiger partial charge < -0.3 is 13.3 Å². The highest BCUT2D eigenvalue weighted by Gasteiger charge is 2.43. The molecule has 0 aliphatic heterocycles. The van der Waals surface area contributed by atoms with Crippen LogP contribution in [0.5, 0.6) is 0 Å². The zero-order valence-electron chi connectivity index (χ0n) is 14.4. The van der Waals surface area contributed by atoms with E-state index >= 15 is 0 Å². The third-order valence-corrected chi connectivity index (χ3v) is 8.25. The van der Waals surface area contributed by atoms with Gasteiger partial charge in [-0.3, -0.25) is 0 Å². The molecule has 5 heteroatoms. The molecular weight excluding hydrogens is 312 g/mol. The highest BCUT2D eigenvalue weighted by molar-refractivity contribution is 7.80. The lowest BCUT2D eigenvalue weighted by molar-refractivity contribution is 0.0713. The molecule has 2 unspecified atom stereocenters. The van der Waals surface area contributed by atoms with Crippen molar-refractivity contribution in [3.05, 3.63) is 11.1 Å². The molecule has 2 rings (SSSR count). The molecule has 0 amide bonds. The van der Waals surface area contributed by atoms with E-state index in [1.165, 1.54) is 24.1 Å². The SMILES string of the molecule is CCO[Si](CCC1=C2CC(C1)C(C(C)=S)C2)(OCC)OCC. The van der Waals surface area contributed by atoms with Gasteiger partial charge in [0.1, 0.15) is 0 Å². The van der Waals surface area contributed by atoms with Gasteiger partial charge in [0.05, 0.1) is 0 Å². The second kappa shape index (κ2) is 8.15. The number of fused-ring (bicyclic) bond motifs is 2. The van der Waals surface area contributed by atoms with Gasteiger partial charge in [0.2, 0.25) is 0 Å². The Morgan fingerprint density at radius 3 is 2.05 bits per heavy atom.